The monoisotopic (exact) mass is 443 g/mol. The van der Waals surface area contributed by atoms with Crippen molar-refractivity contribution in [1.29, 1.82) is 0 Å². The number of hydrogen-bond donors (Lipinski definition) is 0. The third-order valence-corrected chi connectivity index (χ3v) is 7.23. The van der Waals surface area contributed by atoms with E-state index in [1.165, 1.54) is 40.5 Å². The lowest BCUT2D eigenvalue weighted by atomic mass is 9.94. The van der Waals surface area contributed by atoms with E-state index in [-0.39, 0.29) is 36.3 Å². The molecule has 2 aliphatic heterocycles. The summed E-state index contributed by atoms with van der Waals surface area (Å²) in [5.74, 6) is -1.12. The Morgan fingerprint density at radius 3 is 2.15 bits per heavy atom. The predicted molar refractivity (Wildman–Crippen MR) is 123 cm³/mol. The fourth-order valence-electron chi connectivity index (χ4n) is 5.77. The van der Waals surface area contributed by atoms with Crippen molar-refractivity contribution in [3.63, 3.8) is 0 Å². The highest BCUT2D eigenvalue weighted by Gasteiger charge is 2.42. The molecule has 1 fully saturated rings. The van der Waals surface area contributed by atoms with Gasteiger partial charge in [-0.1, -0.05) is 60.7 Å². The molecule has 3 nitrogen and oxygen atoms in total. The highest BCUT2D eigenvalue weighted by molar-refractivity contribution is 5.79. The number of carbonyl (C=O) groups excluding carboxylic acids is 1. The average molecular weight is 443 g/mol. The molecule has 2 atom stereocenters. The Bertz CT molecular complexity index is 1220. The van der Waals surface area contributed by atoms with Crippen LogP contribution in [0.2, 0.25) is 0 Å². The van der Waals surface area contributed by atoms with Crippen LogP contribution in [0.25, 0.3) is 16.7 Å². The van der Waals surface area contributed by atoms with Crippen LogP contribution in [0.1, 0.15) is 41.9 Å². The zero-order valence-electron chi connectivity index (χ0n) is 18.0. The molecule has 0 N–H and O–H groups in total. The van der Waals surface area contributed by atoms with Crippen LogP contribution < -0.4 is 0 Å². The lowest BCUT2D eigenvalue weighted by Crippen LogP contribution is -2.43. The van der Waals surface area contributed by atoms with E-state index >= 15 is 0 Å². The molecule has 0 spiro atoms. The summed E-state index contributed by atoms with van der Waals surface area (Å²) < 4.78 is 34.5. The van der Waals surface area contributed by atoms with E-state index in [1.807, 2.05) is 30.3 Å². The van der Waals surface area contributed by atoms with Crippen LogP contribution in [-0.4, -0.2) is 29.7 Å². The van der Waals surface area contributed by atoms with Gasteiger partial charge in [-0.25, -0.2) is 13.6 Å². The summed E-state index contributed by atoms with van der Waals surface area (Å²) in [6.45, 7) is 0.265. The molecule has 33 heavy (non-hydrogen) atoms. The number of halogens is 2. The van der Waals surface area contributed by atoms with Gasteiger partial charge in [0.25, 0.3) is 0 Å². The van der Waals surface area contributed by atoms with Gasteiger partial charge in [-0.15, -0.1) is 0 Å². The largest absolute Gasteiger partial charge is 0.448 e. The third kappa shape index (κ3) is 3.26. The first kappa shape index (κ1) is 20.2. The Morgan fingerprint density at radius 2 is 1.52 bits per heavy atom. The first-order chi connectivity index (χ1) is 16.1. The Morgan fingerprint density at radius 1 is 0.879 bits per heavy atom. The van der Waals surface area contributed by atoms with Gasteiger partial charge in [0.15, 0.2) is 0 Å². The molecule has 1 saturated heterocycles. The number of carbonyl (C=O) groups is 1. The van der Waals surface area contributed by atoms with Crippen LogP contribution in [0.3, 0.4) is 0 Å². The van der Waals surface area contributed by atoms with Gasteiger partial charge in [0.2, 0.25) is 0 Å². The molecular formula is C28H23F2NO2. The number of ether oxygens (including phenoxy) is 1. The Hall–Kier alpha value is -3.47. The average Bonchev–Trinajstić information content (AvgIpc) is 3.28. The van der Waals surface area contributed by atoms with Crippen LogP contribution >= 0.6 is 0 Å². The summed E-state index contributed by atoms with van der Waals surface area (Å²) in [5, 5.41) is 0. The van der Waals surface area contributed by atoms with E-state index in [1.54, 1.807) is 4.90 Å². The topological polar surface area (TPSA) is 29.5 Å². The molecule has 1 aliphatic carbocycles. The third-order valence-electron chi connectivity index (χ3n) is 7.23. The SMILES string of the molecule is O=C(OCC1c2ccccc2-c2ccccc21)N1C2C=C(c3c(F)cccc3F)CC1CC2. The van der Waals surface area contributed by atoms with Crippen molar-refractivity contribution in [2.75, 3.05) is 6.61 Å². The van der Waals surface area contributed by atoms with Crippen LogP contribution in [-0.2, 0) is 4.74 Å². The van der Waals surface area contributed by atoms with Gasteiger partial charge >= 0.3 is 6.09 Å². The second-order valence-electron chi connectivity index (χ2n) is 9.00. The lowest BCUT2D eigenvalue weighted by molar-refractivity contribution is 0.0866. The molecule has 2 heterocycles. The smallest absolute Gasteiger partial charge is 0.410 e. The van der Waals surface area contributed by atoms with Crippen LogP contribution in [0.4, 0.5) is 13.6 Å². The predicted octanol–water partition coefficient (Wildman–Crippen LogP) is 6.53. The maximum Gasteiger partial charge on any atom is 0.410 e. The van der Waals surface area contributed by atoms with Crippen molar-refractivity contribution in [2.45, 2.75) is 37.3 Å². The van der Waals surface area contributed by atoms with Gasteiger partial charge in [0.1, 0.15) is 18.2 Å². The summed E-state index contributed by atoms with van der Waals surface area (Å²) in [7, 11) is 0. The number of hydrogen-bond acceptors (Lipinski definition) is 2. The molecule has 3 aromatic rings. The first-order valence-corrected chi connectivity index (χ1v) is 11.4. The number of nitrogens with zero attached hydrogens (tertiary/aromatic N) is 1. The number of rotatable bonds is 3. The fourth-order valence-corrected chi connectivity index (χ4v) is 5.77. The quantitative estimate of drug-likeness (QED) is 0.460. The fraction of sp³-hybridized carbons (Fsp3) is 0.250. The first-order valence-electron chi connectivity index (χ1n) is 11.4. The molecule has 3 aromatic carbocycles. The zero-order valence-corrected chi connectivity index (χ0v) is 18.0. The van der Waals surface area contributed by atoms with Crippen LogP contribution in [0, 0.1) is 11.6 Å². The van der Waals surface area contributed by atoms with E-state index in [9.17, 15) is 13.6 Å². The van der Waals surface area contributed by atoms with Crippen molar-refractivity contribution >= 4 is 11.7 Å². The van der Waals surface area contributed by atoms with Crippen molar-refractivity contribution < 1.29 is 18.3 Å². The minimum atomic E-state index is -0.560. The number of benzene rings is 3. The van der Waals surface area contributed by atoms with Crippen molar-refractivity contribution in [2.24, 2.45) is 0 Å². The maximum atomic E-state index is 14.3. The van der Waals surface area contributed by atoms with Gasteiger partial charge in [-0.05, 0) is 59.2 Å². The van der Waals surface area contributed by atoms with E-state index in [0.717, 1.165) is 12.8 Å². The van der Waals surface area contributed by atoms with Crippen molar-refractivity contribution in [3.05, 3.63) is 101 Å². The second-order valence-corrected chi connectivity index (χ2v) is 9.00. The molecule has 2 unspecified atom stereocenters. The minimum Gasteiger partial charge on any atom is -0.448 e. The summed E-state index contributed by atoms with van der Waals surface area (Å²) in [5.41, 5.74) is 5.39. The highest BCUT2D eigenvalue weighted by Crippen LogP contribution is 2.45. The Kier molecular flexibility index (Phi) is 4.79. The molecule has 166 valence electrons. The van der Waals surface area contributed by atoms with E-state index in [0.29, 0.717) is 12.0 Å². The van der Waals surface area contributed by atoms with Crippen LogP contribution in [0.5, 0.6) is 0 Å². The molecule has 0 radical (unpaired) electrons. The molecule has 1 amide bonds. The van der Waals surface area contributed by atoms with Crippen molar-refractivity contribution in [3.8, 4) is 11.1 Å². The van der Waals surface area contributed by atoms with E-state index in [4.69, 9.17) is 4.74 Å². The minimum absolute atomic E-state index is 0.00223. The van der Waals surface area contributed by atoms with Crippen LogP contribution in [0.15, 0.2) is 72.8 Å². The van der Waals surface area contributed by atoms with Gasteiger partial charge < -0.3 is 4.74 Å². The maximum absolute atomic E-state index is 14.3. The number of fused-ring (bicyclic) bond motifs is 5. The zero-order chi connectivity index (χ0) is 22.5. The summed E-state index contributed by atoms with van der Waals surface area (Å²) in [4.78, 5) is 14.9. The molecule has 0 saturated carbocycles. The Labute approximate surface area is 191 Å². The molecule has 2 bridgehead atoms. The standard InChI is InChI=1S/C28H23F2NO2/c29-25-10-5-11-26(30)27(25)17-14-18-12-13-19(15-17)31(18)28(32)33-16-24-22-8-3-1-6-20(22)21-7-2-4-9-23(21)24/h1-11,14,18-19,24H,12-13,15-16H2. The second kappa shape index (κ2) is 7.84. The van der Waals surface area contributed by atoms with Gasteiger partial charge in [-0.2, -0.15) is 0 Å². The van der Waals surface area contributed by atoms with Gasteiger partial charge in [-0.3, -0.25) is 4.90 Å². The van der Waals surface area contributed by atoms with Gasteiger partial charge in [0.05, 0.1) is 6.04 Å². The summed E-state index contributed by atoms with van der Waals surface area (Å²) in [6, 6.07) is 20.1. The molecule has 5 heteroatoms. The summed E-state index contributed by atoms with van der Waals surface area (Å²) in [6.07, 6.45) is 3.48. The molecule has 0 aromatic heterocycles. The van der Waals surface area contributed by atoms with Gasteiger partial charge in [0, 0.05) is 17.5 Å². The molecule has 6 rings (SSSR count). The van der Waals surface area contributed by atoms with E-state index in [2.05, 4.69) is 24.3 Å². The molecular weight excluding hydrogens is 420 g/mol. The molecule has 3 aliphatic rings. The normalized spacial score (nSPS) is 20.9. The van der Waals surface area contributed by atoms with Crippen molar-refractivity contribution in [1.82, 2.24) is 4.90 Å². The summed E-state index contributed by atoms with van der Waals surface area (Å²) >= 11 is 0. The lowest BCUT2D eigenvalue weighted by Gasteiger charge is -2.33. The van der Waals surface area contributed by atoms with E-state index < -0.39 is 11.6 Å². The number of amides is 1. The highest BCUT2D eigenvalue weighted by atomic mass is 19.1. The Balaban J connectivity index is 1.22.